The molecule has 146 valence electrons. The SMILES string of the molecule is O=CCc1cn(CCCN2CCC(Cc3ccccc3)CC2)c2ccccc12. The fourth-order valence-corrected chi connectivity index (χ4v) is 4.59. The van der Waals surface area contributed by atoms with Gasteiger partial charge in [-0.15, -0.1) is 0 Å². The van der Waals surface area contributed by atoms with Gasteiger partial charge in [0, 0.05) is 30.1 Å². The molecular formula is C25H30N2O. The molecule has 0 spiro atoms. The molecule has 2 aromatic carbocycles. The van der Waals surface area contributed by atoms with Gasteiger partial charge in [0.15, 0.2) is 0 Å². The molecule has 0 bridgehead atoms. The monoisotopic (exact) mass is 374 g/mol. The van der Waals surface area contributed by atoms with Gasteiger partial charge in [-0.05, 0) is 68.4 Å². The molecule has 0 N–H and O–H groups in total. The van der Waals surface area contributed by atoms with Crippen molar-refractivity contribution in [1.29, 1.82) is 0 Å². The summed E-state index contributed by atoms with van der Waals surface area (Å²) >= 11 is 0. The van der Waals surface area contributed by atoms with Gasteiger partial charge in [-0.3, -0.25) is 0 Å². The number of hydrogen-bond donors (Lipinski definition) is 0. The summed E-state index contributed by atoms with van der Waals surface area (Å²) in [4.78, 5) is 13.6. The molecule has 0 amide bonds. The molecule has 3 nitrogen and oxygen atoms in total. The smallest absolute Gasteiger partial charge is 0.124 e. The number of hydrogen-bond acceptors (Lipinski definition) is 2. The number of likely N-dealkylation sites (tertiary alicyclic amines) is 1. The number of carbonyl (C=O) groups excluding carboxylic acids is 1. The molecule has 0 unspecified atom stereocenters. The van der Waals surface area contributed by atoms with Crippen molar-refractivity contribution in [3.63, 3.8) is 0 Å². The molecule has 2 heterocycles. The molecule has 1 aromatic heterocycles. The lowest BCUT2D eigenvalue weighted by Gasteiger charge is -2.32. The number of piperidine rings is 1. The van der Waals surface area contributed by atoms with Gasteiger partial charge in [-0.1, -0.05) is 48.5 Å². The largest absolute Gasteiger partial charge is 0.347 e. The van der Waals surface area contributed by atoms with Crippen molar-refractivity contribution in [3.8, 4) is 0 Å². The molecule has 0 radical (unpaired) electrons. The van der Waals surface area contributed by atoms with Crippen LogP contribution >= 0.6 is 0 Å². The van der Waals surface area contributed by atoms with Crippen molar-refractivity contribution < 1.29 is 4.79 Å². The predicted molar refractivity (Wildman–Crippen MR) is 116 cm³/mol. The Labute approximate surface area is 168 Å². The maximum Gasteiger partial charge on any atom is 0.124 e. The van der Waals surface area contributed by atoms with Crippen LogP contribution in [-0.4, -0.2) is 35.4 Å². The number of aromatic nitrogens is 1. The van der Waals surface area contributed by atoms with E-state index in [1.54, 1.807) is 0 Å². The highest BCUT2D eigenvalue weighted by atomic mass is 16.1. The van der Waals surface area contributed by atoms with Crippen molar-refractivity contribution in [2.75, 3.05) is 19.6 Å². The molecule has 1 fully saturated rings. The third kappa shape index (κ3) is 4.53. The molecule has 1 aliphatic rings. The Balaban J connectivity index is 1.26. The summed E-state index contributed by atoms with van der Waals surface area (Å²) in [7, 11) is 0. The summed E-state index contributed by atoms with van der Waals surface area (Å²) < 4.78 is 2.33. The molecule has 3 heteroatoms. The first kappa shape index (κ1) is 18.9. The van der Waals surface area contributed by atoms with E-state index in [9.17, 15) is 4.79 Å². The molecule has 28 heavy (non-hydrogen) atoms. The van der Waals surface area contributed by atoms with Gasteiger partial charge in [0.05, 0.1) is 0 Å². The Morgan fingerprint density at radius 1 is 0.929 bits per heavy atom. The minimum absolute atomic E-state index is 0.502. The van der Waals surface area contributed by atoms with E-state index in [0.29, 0.717) is 6.42 Å². The first-order valence-corrected chi connectivity index (χ1v) is 10.6. The summed E-state index contributed by atoms with van der Waals surface area (Å²) in [6.07, 6.45) is 8.68. The lowest BCUT2D eigenvalue weighted by molar-refractivity contribution is -0.107. The topological polar surface area (TPSA) is 25.2 Å². The molecule has 0 saturated carbocycles. The second-order valence-electron chi connectivity index (χ2n) is 8.06. The summed E-state index contributed by atoms with van der Waals surface area (Å²) in [6.45, 7) is 4.62. The Morgan fingerprint density at radius 2 is 1.68 bits per heavy atom. The lowest BCUT2D eigenvalue weighted by Crippen LogP contribution is -2.35. The van der Waals surface area contributed by atoms with E-state index in [1.807, 2.05) is 0 Å². The number of aryl methyl sites for hydroxylation is 1. The average molecular weight is 375 g/mol. The Kier molecular flexibility index (Phi) is 6.23. The second kappa shape index (κ2) is 9.20. The van der Waals surface area contributed by atoms with Gasteiger partial charge in [0.1, 0.15) is 6.29 Å². The number of fused-ring (bicyclic) bond motifs is 1. The number of benzene rings is 2. The minimum atomic E-state index is 0.502. The lowest BCUT2D eigenvalue weighted by atomic mass is 9.90. The summed E-state index contributed by atoms with van der Waals surface area (Å²) in [6, 6.07) is 19.3. The van der Waals surface area contributed by atoms with E-state index in [2.05, 4.69) is 70.3 Å². The molecule has 1 saturated heterocycles. The van der Waals surface area contributed by atoms with E-state index >= 15 is 0 Å². The normalized spacial score (nSPS) is 15.9. The van der Waals surface area contributed by atoms with Crippen LogP contribution in [0.3, 0.4) is 0 Å². The highest BCUT2D eigenvalue weighted by molar-refractivity contribution is 5.85. The maximum absolute atomic E-state index is 11.0. The Morgan fingerprint density at radius 3 is 2.46 bits per heavy atom. The van der Waals surface area contributed by atoms with Crippen LogP contribution in [0.2, 0.25) is 0 Å². The van der Waals surface area contributed by atoms with Crippen LogP contribution in [-0.2, 0) is 24.2 Å². The molecular weight excluding hydrogens is 344 g/mol. The molecule has 0 atom stereocenters. The third-order valence-electron chi connectivity index (χ3n) is 6.12. The molecule has 4 rings (SSSR count). The fraction of sp³-hybridized carbons (Fsp3) is 0.400. The van der Waals surface area contributed by atoms with Gasteiger partial charge in [0.25, 0.3) is 0 Å². The number of para-hydroxylation sites is 1. The van der Waals surface area contributed by atoms with Crippen molar-refractivity contribution in [1.82, 2.24) is 9.47 Å². The van der Waals surface area contributed by atoms with Crippen LogP contribution in [0.25, 0.3) is 10.9 Å². The first-order chi connectivity index (χ1) is 13.8. The average Bonchev–Trinajstić information content (AvgIpc) is 3.08. The Bertz CT molecular complexity index is 891. The zero-order chi connectivity index (χ0) is 19.2. The van der Waals surface area contributed by atoms with Crippen molar-refractivity contribution in [3.05, 3.63) is 71.9 Å². The third-order valence-corrected chi connectivity index (χ3v) is 6.12. The quantitative estimate of drug-likeness (QED) is 0.533. The summed E-state index contributed by atoms with van der Waals surface area (Å²) in [5.74, 6) is 0.831. The number of rotatable bonds is 8. The van der Waals surface area contributed by atoms with Crippen molar-refractivity contribution in [2.24, 2.45) is 5.92 Å². The van der Waals surface area contributed by atoms with Crippen molar-refractivity contribution >= 4 is 17.2 Å². The van der Waals surface area contributed by atoms with Crippen LogP contribution in [0.15, 0.2) is 60.8 Å². The number of carbonyl (C=O) groups is 1. The standard InChI is InChI=1S/C25H30N2O/c28-18-13-23-20-27(25-10-5-4-9-24(23)25)15-6-14-26-16-11-22(12-17-26)19-21-7-2-1-3-8-21/h1-5,7-10,18,20,22H,6,11-17,19H2. The predicted octanol–water partition coefficient (Wildman–Crippen LogP) is 4.73. The molecule has 1 aliphatic heterocycles. The van der Waals surface area contributed by atoms with E-state index in [1.165, 1.54) is 48.8 Å². The van der Waals surface area contributed by atoms with Crippen LogP contribution in [0.1, 0.15) is 30.4 Å². The van der Waals surface area contributed by atoms with Crippen LogP contribution in [0.4, 0.5) is 0 Å². The first-order valence-electron chi connectivity index (χ1n) is 10.6. The number of nitrogens with zero attached hydrogens (tertiary/aromatic N) is 2. The summed E-state index contributed by atoms with van der Waals surface area (Å²) in [5, 5.41) is 1.22. The van der Waals surface area contributed by atoms with Crippen LogP contribution in [0, 0.1) is 5.92 Å². The van der Waals surface area contributed by atoms with Gasteiger partial charge in [-0.2, -0.15) is 0 Å². The molecule has 3 aromatic rings. The zero-order valence-corrected chi connectivity index (χ0v) is 16.6. The zero-order valence-electron chi connectivity index (χ0n) is 16.6. The highest BCUT2D eigenvalue weighted by Gasteiger charge is 2.19. The van der Waals surface area contributed by atoms with E-state index in [0.717, 1.165) is 37.3 Å². The number of aldehydes is 1. The Hall–Kier alpha value is -2.39. The van der Waals surface area contributed by atoms with Crippen LogP contribution in [0.5, 0.6) is 0 Å². The van der Waals surface area contributed by atoms with E-state index in [4.69, 9.17) is 0 Å². The van der Waals surface area contributed by atoms with E-state index in [-0.39, 0.29) is 0 Å². The minimum Gasteiger partial charge on any atom is -0.347 e. The van der Waals surface area contributed by atoms with Gasteiger partial charge in [0.2, 0.25) is 0 Å². The van der Waals surface area contributed by atoms with Gasteiger partial charge in [-0.25, -0.2) is 0 Å². The fourth-order valence-electron chi connectivity index (χ4n) is 4.59. The van der Waals surface area contributed by atoms with E-state index < -0.39 is 0 Å². The van der Waals surface area contributed by atoms with Gasteiger partial charge < -0.3 is 14.3 Å². The van der Waals surface area contributed by atoms with Gasteiger partial charge >= 0.3 is 0 Å². The van der Waals surface area contributed by atoms with Crippen LogP contribution < -0.4 is 0 Å². The summed E-state index contributed by atoms with van der Waals surface area (Å²) in [5.41, 5.74) is 3.87. The second-order valence-corrected chi connectivity index (χ2v) is 8.06. The molecule has 0 aliphatic carbocycles. The van der Waals surface area contributed by atoms with Crippen molar-refractivity contribution in [2.45, 2.75) is 38.6 Å². The highest BCUT2D eigenvalue weighted by Crippen LogP contribution is 2.23. The maximum atomic E-state index is 11.0.